The summed E-state index contributed by atoms with van der Waals surface area (Å²) in [6, 6.07) is 17.8. The first-order chi connectivity index (χ1) is 13.2. The Balaban J connectivity index is 1.44. The molecule has 2 heterocycles. The number of carbonyl (C=O) groups is 1. The monoisotopic (exact) mass is 378 g/mol. The van der Waals surface area contributed by atoms with Crippen LogP contribution < -0.4 is 4.90 Å². The van der Waals surface area contributed by atoms with Crippen LogP contribution in [0.15, 0.2) is 54.6 Å². The lowest BCUT2D eigenvalue weighted by atomic mass is 10.1. The maximum atomic E-state index is 12.8. The average molecular weight is 379 g/mol. The van der Waals surface area contributed by atoms with Gasteiger partial charge in [-0.15, -0.1) is 0 Å². The number of anilines is 1. The number of rotatable bonds is 3. The van der Waals surface area contributed by atoms with E-state index in [9.17, 15) is 4.79 Å². The highest BCUT2D eigenvalue weighted by Gasteiger charge is 2.22. The van der Waals surface area contributed by atoms with Gasteiger partial charge in [-0.05, 0) is 25.5 Å². The van der Waals surface area contributed by atoms with Crippen LogP contribution in [0.1, 0.15) is 22.3 Å². The van der Waals surface area contributed by atoms with Crippen molar-refractivity contribution in [3.8, 4) is 11.4 Å². The molecular weight excluding hydrogens is 356 g/mol. The molecule has 1 amide bonds. The molecule has 0 atom stereocenters. The van der Waals surface area contributed by atoms with Crippen LogP contribution >= 0.6 is 11.5 Å². The molecule has 138 valence electrons. The van der Waals surface area contributed by atoms with Crippen molar-refractivity contribution in [3.63, 3.8) is 0 Å². The van der Waals surface area contributed by atoms with Crippen molar-refractivity contribution in [3.05, 3.63) is 65.7 Å². The van der Waals surface area contributed by atoms with Crippen LogP contribution in [-0.2, 0) is 0 Å². The fourth-order valence-electron chi connectivity index (χ4n) is 3.32. The molecular formula is C21H22N4OS. The normalized spacial score (nSPS) is 14.9. The highest BCUT2D eigenvalue weighted by molar-refractivity contribution is 7.09. The van der Waals surface area contributed by atoms with E-state index in [1.54, 1.807) is 0 Å². The van der Waals surface area contributed by atoms with E-state index in [1.807, 2.05) is 66.4 Å². The van der Waals surface area contributed by atoms with Gasteiger partial charge in [-0.3, -0.25) is 4.79 Å². The van der Waals surface area contributed by atoms with Gasteiger partial charge in [-0.2, -0.15) is 9.36 Å². The number of aryl methyl sites for hydroxylation is 1. The van der Waals surface area contributed by atoms with Gasteiger partial charge in [0.15, 0.2) is 5.82 Å². The Bertz CT molecular complexity index is 925. The number of amides is 1. The van der Waals surface area contributed by atoms with Gasteiger partial charge in [0.05, 0.1) is 0 Å². The molecule has 0 aliphatic carbocycles. The molecule has 5 nitrogen and oxygen atoms in total. The number of hydrogen-bond acceptors (Lipinski definition) is 5. The lowest BCUT2D eigenvalue weighted by Crippen LogP contribution is -2.35. The van der Waals surface area contributed by atoms with E-state index < -0.39 is 0 Å². The van der Waals surface area contributed by atoms with Crippen LogP contribution in [0.2, 0.25) is 0 Å². The molecule has 3 aromatic rings. The number of hydrogen-bond donors (Lipinski definition) is 0. The molecule has 0 N–H and O–H groups in total. The fourth-order valence-corrected chi connectivity index (χ4v) is 4.06. The van der Waals surface area contributed by atoms with Crippen LogP contribution in [0.4, 0.5) is 5.13 Å². The van der Waals surface area contributed by atoms with Gasteiger partial charge in [-0.1, -0.05) is 48.0 Å². The Labute approximate surface area is 163 Å². The lowest BCUT2D eigenvalue weighted by molar-refractivity contribution is 0.0767. The van der Waals surface area contributed by atoms with Gasteiger partial charge in [0.2, 0.25) is 5.13 Å². The third-order valence-electron chi connectivity index (χ3n) is 4.77. The van der Waals surface area contributed by atoms with Gasteiger partial charge < -0.3 is 9.80 Å². The Hall–Kier alpha value is -2.73. The molecule has 0 saturated carbocycles. The number of nitrogens with zero attached hydrogens (tertiary/aromatic N) is 4. The van der Waals surface area contributed by atoms with E-state index in [4.69, 9.17) is 4.98 Å². The minimum Gasteiger partial charge on any atom is -0.345 e. The first-order valence-corrected chi connectivity index (χ1v) is 9.98. The first kappa shape index (κ1) is 17.7. The maximum absolute atomic E-state index is 12.8. The summed E-state index contributed by atoms with van der Waals surface area (Å²) in [5.74, 6) is 0.885. The van der Waals surface area contributed by atoms with E-state index in [-0.39, 0.29) is 5.91 Å². The van der Waals surface area contributed by atoms with Crippen LogP contribution in [-0.4, -0.2) is 46.3 Å². The summed E-state index contributed by atoms with van der Waals surface area (Å²) in [6.45, 7) is 5.16. The quantitative estimate of drug-likeness (QED) is 0.694. The van der Waals surface area contributed by atoms with Crippen LogP contribution in [0.25, 0.3) is 11.4 Å². The zero-order valence-electron chi connectivity index (χ0n) is 15.3. The Morgan fingerprint density at radius 2 is 1.85 bits per heavy atom. The highest BCUT2D eigenvalue weighted by Crippen LogP contribution is 2.25. The summed E-state index contributed by atoms with van der Waals surface area (Å²) in [4.78, 5) is 21.7. The third-order valence-corrected chi connectivity index (χ3v) is 5.54. The second-order valence-electron chi connectivity index (χ2n) is 6.77. The molecule has 1 aromatic heterocycles. The fraction of sp³-hybridized carbons (Fsp3) is 0.286. The Morgan fingerprint density at radius 3 is 2.67 bits per heavy atom. The number of benzene rings is 2. The molecule has 0 spiro atoms. The molecule has 1 saturated heterocycles. The van der Waals surface area contributed by atoms with Gasteiger partial charge in [-0.25, -0.2) is 0 Å². The van der Waals surface area contributed by atoms with E-state index in [2.05, 4.69) is 9.27 Å². The summed E-state index contributed by atoms with van der Waals surface area (Å²) in [5, 5.41) is 0.929. The van der Waals surface area contributed by atoms with Crippen molar-refractivity contribution < 1.29 is 4.79 Å². The van der Waals surface area contributed by atoms with E-state index in [0.29, 0.717) is 6.54 Å². The topological polar surface area (TPSA) is 49.3 Å². The van der Waals surface area contributed by atoms with Crippen molar-refractivity contribution in [2.24, 2.45) is 0 Å². The Morgan fingerprint density at radius 1 is 1.00 bits per heavy atom. The van der Waals surface area contributed by atoms with E-state index >= 15 is 0 Å². The summed E-state index contributed by atoms with van der Waals surface area (Å²) >= 11 is 1.43. The summed E-state index contributed by atoms with van der Waals surface area (Å²) in [6.07, 6.45) is 0.928. The van der Waals surface area contributed by atoms with Crippen molar-refractivity contribution in [2.45, 2.75) is 13.3 Å². The number of aromatic nitrogens is 2. The standard InChI is InChI=1S/C21H22N4OS/c1-16-7-5-10-18(15-16)20(26)24-11-6-12-25(14-13-24)21-22-19(23-27-21)17-8-3-2-4-9-17/h2-5,7-10,15H,6,11-14H2,1H3. The van der Waals surface area contributed by atoms with Gasteiger partial charge in [0.1, 0.15) is 0 Å². The molecule has 0 radical (unpaired) electrons. The molecule has 1 aliphatic rings. The molecule has 4 rings (SSSR count). The lowest BCUT2D eigenvalue weighted by Gasteiger charge is -2.21. The molecule has 27 heavy (non-hydrogen) atoms. The summed E-state index contributed by atoms with van der Waals surface area (Å²) in [7, 11) is 0. The van der Waals surface area contributed by atoms with Crippen LogP contribution in [0.5, 0.6) is 0 Å². The van der Waals surface area contributed by atoms with Crippen molar-refractivity contribution >= 4 is 22.6 Å². The predicted octanol–water partition coefficient (Wildman–Crippen LogP) is 3.87. The summed E-state index contributed by atoms with van der Waals surface area (Å²) in [5.41, 5.74) is 2.91. The molecule has 0 bridgehead atoms. The van der Waals surface area contributed by atoms with E-state index in [0.717, 1.165) is 53.7 Å². The van der Waals surface area contributed by atoms with Gasteiger partial charge >= 0.3 is 0 Å². The molecule has 2 aromatic carbocycles. The van der Waals surface area contributed by atoms with Crippen LogP contribution in [0, 0.1) is 6.92 Å². The smallest absolute Gasteiger partial charge is 0.253 e. The number of carbonyl (C=O) groups excluding carboxylic acids is 1. The Kier molecular flexibility index (Phi) is 5.16. The first-order valence-electron chi connectivity index (χ1n) is 9.21. The highest BCUT2D eigenvalue weighted by atomic mass is 32.1. The average Bonchev–Trinajstić information content (AvgIpc) is 3.06. The second-order valence-corrected chi connectivity index (χ2v) is 7.50. The largest absolute Gasteiger partial charge is 0.345 e. The van der Waals surface area contributed by atoms with Crippen molar-refractivity contribution in [1.29, 1.82) is 0 Å². The third kappa shape index (κ3) is 4.01. The summed E-state index contributed by atoms with van der Waals surface area (Å²) < 4.78 is 4.51. The van der Waals surface area contributed by atoms with E-state index in [1.165, 1.54) is 11.5 Å². The molecule has 1 fully saturated rings. The zero-order valence-corrected chi connectivity index (χ0v) is 16.2. The maximum Gasteiger partial charge on any atom is 0.253 e. The van der Waals surface area contributed by atoms with Gasteiger partial charge in [0, 0.05) is 48.8 Å². The second kappa shape index (κ2) is 7.88. The van der Waals surface area contributed by atoms with Gasteiger partial charge in [0.25, 0.3) is 5.91 Å². The zero-order chi connectivity index (χ0) is 18.6. The van der Waals surface area contributed by atoms with Crippen LogP contribution in [0.3, 0.4) is 0 Å². The molecule has 1 aliphatic heterocycles. The molecule has 0 unspecified atom stereocenters. The molecule has 6 heteroatoms. The minimum absolute atomic E-state index is 0.114. The van der Waals surface area contributed by atoms with Crippen molar-refractivity contribution in [2.75, 3.05) is 31.1 Å². The SMILES string of the molecule is Cc1cccc(C(=O)N2CCCN(c3nc(-c4ccccc4)ns3)CC2)c1. The minimum atomic E-state index is 0.114. The predicted molar refractivity (Wildman–Crippen MR) is 109 cm³/mol. The van der Waals surface area contributed by atoms with Crippen molar-refractivity contribution in [1.82, 2.24) is 14.3 Å².